The zero-order valence-electron chi connectivity index (χ0n) is 17.5. The molecule has 33 heavy (non-hydrogen) atoms. The molecule has 2 aromatic carbocycles. The number of ether oxygens (including phenoxy) is 2. The molecule has 3 aromatic heterocycles. The molecular formula is C23H16N6O4. The fourth-order valence-corrected chi connectivity index (χ4v) is 4.37. The number of nitrogens with one attached hydrogen (secondary N) is 2. The molecule has 0 amide bonds. The van der Waals surface area contributed by atoms with Crippen LogP contribution in [0.5, 0.6) is 11.5 Å². The number of methoxy groups -OCH3 is 2. The highest BCUT2D eigenvalue weighted by Crippen LogP contribution is 2.43. The highest BCUT2D eigenvalue weighted by Gasteiger charge is 2.34. The van der Waals surface area contributed by atoms with Crippen LogP contribution in [0.2, 0.25) is 0 Å². The largest absolute Gasteiger partial charge is 0.493 e. The number of fused-ring (bicyclic) bond motifs is 6. The molecule has 1 aliphatic carbocycles. The summed E-state index contributed by atoms with van der Waals surface area (Å²) < 4.78 is 12.3. The Morgan fingerprint density at radius 3 is 2.58 bits per heavy atom. The minimum Gasteiger partial charge on any atom is -0.493 e. The normalized spacial score (nSPS) is 12.1. The first kappa shape index (κ1) is 19.0. The van der Waals surface area contributed by atoms with E-state index in [1.165, 1.54) is 31.6 Å². The summed E-state index contributed by atoms with van der Waals surface area (Å²) in [7, 11) is 2.95. The molecule has 6 rings (SSSR count). The van der Waals surface area contributed by atoms with Gasteiger partial charge in [-0.25, -0.2) is 19.6 Å². The van der Waals surface area contributed by atoms with Crippen molar-refractivity contribution in [3.63, 3.8) is 0 Å². The Labute approximate surface area is 185 Å². The van der Waals surface area contributed by atoms with Crippen LogP contribution in [-0.4, -0.2) is 44.6 Å². The molecule has 0 bridgehead atoms. The molecule has 10 heteroatoms. The molecule has 2 N–H and O–H groups in total. The van der Waals surface area contributed by atoms with E-state index < -0.39 is 5.56 Å². The fraction of sp³-hybridized carbons (Fsp3) is 0.0870. The van der Waals surface area contributed by atoms with Crippen molar-refractivity contribution in [1.82, 2.24) is 24.6 Å². The number of nitrogens with zero attached hydrogens (tertiary/aromatic N) is 4. The van der Waals surface area contributed by atoms with Gasteiger partial charge in [0.05, 0.1) is 37.2 Å². The maximum Gasteiger partial charge on any atom is 0.281 e. The van der Waals surface area contributed by atoms with Crippen LogP contribution in [0.15, 0.2) is 53.8 Å². The Balaban J connectivity index is 1.75. The van der Waals surface area contributed by atoms with Crippen molar-refractivity contribution in [1.29, 1.82) is 0 Å². The van der Waals surface area contributed by atoms with Crippen molar-refractivity contribution in [2.75, 3.05) is 19.6 Å². The van der Waals surface area contributed by atoms with Crippen molar-refractivity contribution in [2.24, 2.45) is 0 Å². The van der Waals surface area contributed by atoms with Crippen LogP contribution in [0.1, 0.15) is 15.9 Å². The number of anilines is 1. The van der Waals surface area contributed by atoms with E-state index >= 15 is 0 Å². The number of imidazole rings is 1. The molecule has 0 spiro atoms. The molecule has 1 aliphatic rings. The summed E-state index contributed by atoms with van der Waals surface area (Å²) in [5, 5.41) is 0.709. The Bertz CT molecular complexity index is 1670. The lowest BCUT2D eigenvalue weighted by atomic mass is 10.0. The predicted octanol–water partition coefficient (Wildman–Crippen LogP) is 2.77. The number of aromatic nitrogens is 5. The van der Waals surface area contributed by atoms with Gasteiger partial charge in [-0.05, 0) is 12.1 Å². The quantitative estimate of drug-likeness (QED) is 0.429. The number of aromatic amines is 1. The highest BCUT2D eigenvalue weighted by molar-refractivity contribution is 6.27. The van der Waals surface area contributed by atoms with Gasteiger partial charge in [0.1, 0.15) is 11.8 Å². The van der Waals surface area contributed by atoms with Gasteiger partial charge in [-0.1, -0.05) is 24.3 Å². The van der Waals surface area contributed by atoms with Gasteiger partial charge in [-0.15, -0.1) is 0 Å². The van der Waals surface area contributed by atoms with E-state index in [4.69, 9.17) is 9.47 Å². The minimum atomic E-state index is -0.421. The molecule has 0 unspecified atom stereocenters. The lowest BCUT2D eigenvalue weighted by Gasteiger charge is -2.18. The fourth-order valence-electron chi connectivity index (χ4n) is 4.37. The Kier molecular flexibility index (Phi) is 3.96. The van der Waals surface area contributed by atoms with Gasteiger partial charge in [0, 0.05) is 16.5 Å². The van der Waals surface area contributed by atoms with Crippen LogP contribution in [0.4, 0.5) is 5.82 Å². The standard InChI is InChI=1S/C23H16N6O4/c1-32-14-8-7-13-15-18(11-5-3-4-6-12(11)19(15)30)29(23(31)16(13)20(14)33-2)28-22-17-21(25-9-24-17)26-10-27-22/h3-10H,1-2H3,(H2,24,25,26,27,28). The molecule has 0 fully saturated rings. The monoisotopic (exact) mass is 440 g/mol. The highest BCUT2D eigenvalue weighted by atomic mass is 16.5. The van der Waals surface area contributed by atoms with E-state index in [9.17, 15) is 9.59 Å². The zero-order valence-corrected chi connectivity index (χ0v) is 17.5. The summed E-state index contributed by atoms with van der Waals surface area (Å²) >= 11 is 0. The number of rotatable bonds is 4. The predicted molar refractivity (Wildman–Crippen MR) is 121 cm³/mol. The summed E-state index contributed by atoms with van der Waals surface area (Å²) in [5.74, 6) is 0.786. The Hall–Kier alpha value is -4.73. The summed E-state index contributed by atoms with van der Waals surface area (Å²) in [4.78, 5) is 42.9. The second-order valence-electron chi connectivity index (χ2n) is 7.40. The van der Waals surface area contributed by atoms with E-state index in [1.54, 1.807) is 24.3 Å². The number of hydrogen-bond donors (Lipinski definition) is 2. The van der Waals surface area contributed by atoms with E-state index in [2.05, 4.69) is 25.4 Å². The number of H-pyrrole nitrogens is 1. The number of ketones is 1. The van der Waals surface area contributed by atoms with Crippen molar-refractivity contribution >= 4 is 33.5 Å². The number of benzene rings is 2. The van der Waals surface area contributed by atoms with Crippen molar-refractivity contribution < 1.29 is 14.3 Å². The first-order valence-corrected chi connectivity index (χ1v) is 10.0. The Morgan fingerprint density at radius 1 is 0.970 bits per heavy atom. The summed E-state index contributed by atoms with van der Waals surface area (Å²) in [6, 6.07) is 10.6. The van der Waals surface area contributed by atoms with Crippen LogP contribution in [0.25, 0.3) is 33.2 Å². The average molecular weight is 440 g/mol. The van der Waals surface area contributed by atoms with Crippen LogP contribution in [0.3, 0.4) is 0 Å². The molecule has 0 aliphatic heterocycles. The smallest absolute Gasteiger partial charge is 0.281 e. The van der Waals surface area contributed by atoms with Gasteiger partial charge >= 0.3 is 0 Å². The summed E-state index contributed by atoms with van der Waals surface area (Å²) in [6.45, 7) is 0. The molecule has 5 aromatic rings. The summed E-state index contributed by atoms with van der Waals surface area (Å²) in [6.07, 6.45) is 2.84. The second kappa shape index (κ2) is 6.89. The first-order chi connectivity index (χ1) is 16.1. The third-order valence-electron chi connectivity index (χ3n) is 5.79. The molecule has 3 heterocycles. The van der Waals surface area contributed by atoms with E-state index in [0.29, 0.717) is 50.5 Å². The van der Waals surface area contributed by atoms with E-state index in [-0.39, 0.29) is 16.9 Å². The molecule has 0 saturated carbocycles. The van der Waals surface area contributed by atoms with Crippen LogP contribution in [0, 0.1) is 0 Å². The third kappa shape index (κ3) is 2.51. The molecule has 0 saturated heterocycles. The van der Waals surface area contributed by atoms with Crippen molar-refractivity contribution in [3.05, 3.63) is 70.5 Å². The lowest BCUT2D eigenvalue weighted by Crippen LogP contribution is -2.29. The second-order valence-corrected chi connectivity index (χ2v) is 7.40. The molecular weight excluding hydrogens is 424 g/mol. The number of carbonyl (C=O) groups is 1. The molecule has 162 valence electrons. The van der Waals surface area contributed by atoms with Gasteiger partial charge in [0.15, 0.2) is 28.7 Å². The Morgan fingerprint density at radius 2 is 1.79 bits per heavy atom. The van der Waals surface area contributed by atoms with Crippen LogP contribution >= 0.6 is 0 Å². The maximum absolute atomic E-state index is 13.9. The summed E-state index contributed by atoms with van der Waals surface area (Å²) in [5.41, 5.74) is 5.62. The molecule has 0 radical (unpaired) electrons. The molecule has 0 atom stereocenters. The topological polar surface area (TPSA) is 124 Å². The van der Waals surface area contributed by atoms with E-state index in [1.807, 2.05) is 12.1 Å². The van der Waals surface area contributed by atoms with Crippen molar-refractivity contribution in [2.45, 2.75) is 0 Å². The third-order valence-corrected chi connectivity index (χ3v) is 5.79. The van der Waals surface area contributed by atoms with Crippen molar-refractivity contribution in [3.8, 4) is 22.8 Å². The average Bonchev–Trinajstić information content (AvgIpc) is 3.44. The van der Waals surface area contributed by atoms with E-state index in [0.717, 1.165) is 0 Å². The zero-order chi connectivity index (χ0) is 22.7. The number of hydrogen-bond acceptors (Lipinski definition) is 8. The molecule has 10 nitrogen and oxygen atoms in total. The first-order valence-electron chi connectivity index (χ1n) is 10.0. The van der Waals surface area contributed by atoms with Crippen LogP contribution < -0.4 is 20.5 Å². The van der Waals surface area contributed by atoms with Gasteiger partial charge in [0.25, 0.3) is 5.56 Å². The maximum atomic E-state index is 13.9. The SMILES string of the molecule is COc1ccc2c3c(n(Nc4ncnc5nc[nH]c45)c(=O)c2c1OC)-c1ccccc1C3=O. The van der Waals surface area contributed by atoms with Crippen LogP contribution in [-0.2, 0) is 0 Å². The number of carbonyl (C=O) groups excluding carboxylic acids is 1. The van der Waals surface area contributed by atoms with Gasteiger partial charge in [-0.3, -0.25) is 15.0 Å². The minimum absolute atomic E-state index is 0.178. The van der Waals surface area contributed by atoms with Gasteiger partial charge < -0.3 is 14.5 Å². The van der Waals surface area contributed by atoms with Gasteiger partial charge in [0.2, 0.25) is 0 Å². The lowest BCUT2D eigenvalue weighted by molar-refractivity contribution is 0.104. The van der Waals surface area contributed by atoms with Gasteiger partial charge in [-0.2, -0.15) is 0 Å². The number of pyridine rings is 1.